The lowest BCUT2D eigenvalue weighted by Crippen LogP contribution is -2.52. The van der Waals surface area contributed by atoms with Crippen LogP contribution in [0.4, 0.5) is 0 Å². The van der Waals surface area contributed by atoms with E-state index in [0.717, 1.165) is 0 Å². The Hall–Kier alpha value is -0.740. The van der Waals surface area contributed by atoms with Crippen LogP contribution in [-0.2, 0) is 19.5 Å². The monoisotopic (exact) mass is 238 g/mol. The second kappa shape index (κ2) is 4.86. The molecular formula is C6H12N3O5S-. The van der Waals surface area contributed by atoms with Gasteiger partial charge in [-0.2, -0.15) is 9.76 Å². The summed E-state index contributed by atoms with van der Waals surface area (Å²) >= 11 is 0. The summed E-state index contributed by atoms with van der Waals surface area (Å²) in [4.78, 5) is 10.7. The Morgan fingerprint density at radius 2 is 2.20 bits per heavy atom. The SMILES string of the molecule is NC(=O)[C@@H]1CC[C@@H](NOS(=O)(=O)[O-])CN1. The van der Waals surface area contributed by atoms with Gasteiger partial charge in [-0.25, -0.2) is 8.42 Å². The van der Waals surface area contributed by atoms with Crippen molar-refractivity contribution in [1.82, 2.24) is 10.8 Å². The van der Waals surface area contributed by atoms with E-state index in [1.54, 1.807) is 0 Å². The molecule has 15 heavy (non-hydrogen) atoms. The average Bonchev–Trinajstić information content (AvgIpc) is 2.14. The highest BCUT2D eigenvalue weighted by Crippen LogP contribution is 2.07. The summed E-state index contributed by atoms with van der Waals surface area (Å²) in [6.45, 7) is 0.309. The maximum absolute atomic E-state index is 10.7. The maximum atomic E-state index is 10.7. The Bertz CT molecular complexity index is 322. The molecule has 1 aliphatic heterocycles. The predicted molar refractivity (Wildman–Crippen MR) is 47.9 cm³/mol. The van der Waals surface area contributed by atoms with Crippen LogP contribution >= 0.6 is 0 Å². The van der Waals surface area contributed by atoms with Gasteiger partial charge in [0.25, 0.3) is 0 Å². The van der Waals surface area contributed by atoms with Gasteiger partial charge in [-0.15, -0.1) is 0 Å². The molecule has 0 bridgehead atoms. The third-order valence-corrected chi connectivity index (χ3v) is 2.38. The summed E-state index contributed by atoms with van der Waals surface area (Å²) in [6.07, 6.45) is 0.964. The van der Waals surface area contributed by atoms with Gasteiger partial charge >= 0.3 is 0 Å². The highest BCUT2D eigenvalue weighted by Gasteiger charge is 2.24. The minimum Gasteiger partial charge on any atom is -0.724 e. The first-order valence-corrected chi connectivity index (χ1v) is 5.64. The lowest BCUT2D eigenvalue weighted by atomic mass is 10.0. The fraction of sp³-hybridized carbons (Fsp3) is 0.833. The number of carbonyl (C=O) groups is 1. The van der Waals surface area contributed by atoms with Gasteiger partial charge in [-0.3, -0.25) is 4.79 Å². The Labute approximate surface area is 87.1 Å². The molecule has 0 aromatic heterocycles. The van der Waals surface area contributed by atoms with Gasteiger partial charge < -0.3 is 15.6 Å². The number of rotatable bonds is 4. The number of piperidine rings is 1. The van der Waals surface area contributed by atoms with Gasteiger partial charge in [-0.05, 0) is 12.8 Å². The molecule has 88 valence electrons. The second-order valence-corrected chi connectivity index (χ2v) is 4.23. The molecule has 2 atom stereocenters. The molecule has 0 saturated carbocycles. The number of hydroxylamine groups is 1. The van der Waals surface area contributed by atoms with Gasteiger partial charge in [-0.1, -0.05) is 0 Å². The third-order valence-electron chi connectivity index (χ3n) is 2.07. The number of hydrogen-bond acceptors (Lipinski definition) is 7. The maximum Gasteiger partial charge on any atom is 0.234 e. The first-order valence-electron chi connectivity index (χ1n) is 4.31. The summed E-state index contributed by atoms with van der Waals surface area (Å²) in [5, 5.41) is 2.79. The Morgan fingerprint density at radius 1 is 1.53 bits per heavy atom. The van der Waals surface area contributed by atoms with Gasteiger partial charge in [0.05, 0.1) is 6.04 Å². The van der Waals surface area contributed by atoms with Crippen LogP contribution in [0.5, 0.6) is 0 Å². The molecule has 1 heterocycles. The molecule has 1 fully saturated rings. The molecule has 9 heteroatoms. The van der Waals surface area contributed by atoms with Crippen molar-refractivity contribution in [3.63, 3.8) is 0 Å². The number of carbonyl (C=O) groups excluding carboxylic acids is 1. The molecule has 0 radical (unpaired) electrons. The Balaban J connectivity index is 2.29. The van der Waals surface area contributed by atoms with E-state index in [0.29, 0.717) is 19.4 Å². The molecular weight excluding hydrogens is 226 g/mol. The molecule has 4 N–H and O–H groups in total. The topological polar surface area (TPSA) is 134 Å². The largest absolute Gasteiger partial charge is 0.724 e. The molecule has 0 unspecified atom stereocenters. The quantitative estimate of drug-likeness (QED) is 0.282. The van der Waals surface area contributed by atoms with Crippen molar-refractivity contribution in [2.24, 2.45) is 5.73 Å². The summed E-state index contributed by atoms with van der Waals surface area (Å²) < 4.78 is 34.2. The van der Waals surface area contributed by atoms with Gasteiger partial charge in [0.15, 0.2) is 0 Å². The fourth-order valence-electron chi connectivity index (χ4n) is 1.33. The van der Waals surface area contributed by atoms with Crippen LogP contribution in [0.3, 0.4) is 0 Å². The smallest absolute Gasteiger partial charge is 0.234 e. The van der Waals surface area contributed by atoms with E-state index in [1.807, 2.05) is 0 Å². The first kappa shape index (κ1) is 12.3. The highest BCUT2D eigenvalue weighted by atomic mass is 32.3. The first-order chi connectivity index (χ1) is 6.88. The number of nitrogens with two attached hydrogens (primary N) is 1. The Kier molecular flexibility index (Phi) is 3.99. The van der Waals surface area contributed by atoms with Crippen LogP contribution in [-0.4, -0.2) is 37.5 Å². The van der Waals surface area contributed by atoms with E-state index in [4.69, 9.17) is 5.73 Å². The molecule has 0 spiro atoms. The summed E-state index contributed by atoms with van der Waals surface area (Å²) in [5.41, 5.74) is 7.16. The van der Waals surface area contributed by atoms with E-state index in [1.165, 1.54) is 0 Å². The number of amides is 1. The van der Waals surface area contributed by atoms with Crippen LogP contribution in [0.1, 0.15) is 12.8 Å². The van der Waals surface area contributed by atoms with E-state index in [-0.39, 0.29) is 6.04 Å². The molecule has 0 aromatic carbocycles. The van der Waals surface area contributed by atoms with Crippen molar-refractivity contribution in [3.05, 3.63) is 0 Å². The zero-order chi connectivity index (χ0) is 11.5. The van der Waals surface area contributed by atoms with E-state index < -0.39 is 22.3 Å². The number of hydrogen-bond donors (Lipinski definition) is 3. The van der Waals surface area contributed by atoms with Crippen molar-refractivity contribution in [3.8, 4) is 0 Å². The molecule has 1 amide bonds. The molecule has 1 saturated heterocycles. The fourth-order valence-corrected chi connectivity index (χ4v) is 1.58. The molecule has 1 rings (SSSR count). The zero-order valence-corrected chi connectivity index (χ0v) is 8.62. The van der Waals surface area contributed by atoms with E-state index in [2.05, 4.69) is 15.1 Å². The predicted octanol–water partition coefficient (Wildman–Crippen LogP) is -2.43. The van der Waals surface area contributed by atoms with Crippen molar-refractivity contribution in [2.75, 3.05) is 6.54 Å². The Morgan fingerprint density at radius 3 is 2.60 bits per heavy atom. The van der Waals surface area contributed by atoms with Crippen LogP contribution in [0.15, 0.2) is 0 Å². The minimum absolute atomic E-state index is 0.309. The zero-order valence-electron chi connectivity index (χ0n) is 7.80. The van der Waals surface area contributed by atoms with Crippen LogP contribution in [0.2, 0.25) is 0 Å². The summed E-state index contributed by atoms with van der Waals surface area (Å²) in [7, 11) is -4.73. The van der Waals surface area contributed by atoms with Crippen molar-refractivity contribution >= 4 is 16.3 Å². The van der Waals surface area contributed by atoms with Crippen LogP contribution in [0, 0.1) is 0 Å². The van der Waals surface area contributed by atoms with Crippen molar-refractivity contribution in [2.45, 2.75) is 24.9 Å². The van der Waals surface area contributed by atoms with E-state index in [9.17, 15) is 17.8 Å². The van der Waals surface area contributed by atoms with Gasteiger partial charge in [0.2, 0.25) is 16.3 Å². The molecule has 0 aliphatic carbocycles. The minimum atomic E-state index is -4.73. The normalized spacial score (nSPS) is 27.5. The second-order valence-electron chi connectivity index (χ2n) is 3.25. The van der Waals surface area contributed by atoms with Crippen LogP contribution in [0.25, 0.3) is 0 Å². The van der Waals surface area contributed by atoms with E-state index >= 15 is 0 Å². The lowest BCUT2D eigenvalue weighted by molar-refractivity contribution is -0.120. The highest BCUT2D eigenvalue weighted by molar-refractivity contribution is 7.80. The van der Waals surface area contributed by atoms with Gasteiger partial charge in [0, 0.05) is 12.6 Å². The lowest BCUT2D eigenvalue weighted by Gasteiger charge is -2.28. The number of nitrogens with one attached hydrogen (secondary N) is 2. The van der Waals surface area contributed by atoms with Crippen LogP contribution < -0.4 is 16.5 Å². The molecule has 0 aromatic rings. The van der Waals surface area contributed by atoms with Gasteiger partial charge in [0.1, 0.15) is 0 Å². The average molecular weight is 238 g/mol. The standard InChI is InChI=1S/C6H13N3O5S/c7-6(10)5-2-1-4(3-8-5)9-14-15(11,12)13/h4-5,8-9H,1-3H2,(H2,7,10)(H,11,12,13)/p-1/t4-,5+/m1/s1. The molecule has 8 nitrogen and oxygen atoms in total. The van der Waals surface area contributed by atoms with Crippen molar-refractivity contribution in [1.29, 1.82) is 0 Å². The van der Waals surface area contributed by atoms with Crippen molar-refractivity contribution < 1.29 is 22.0 Å². The summed E-state index contributed by atoms with van der Waals surface area (Å²) in [5.74, 6) is -0.453. The third kappa shape index (κ3) is 4.53. The molecule has 1 aliphatic rings. The summed E-state index contributed by atoms with van der Waals surface area (Å²) in [6, 6.07) is -0.740. The number of primary amides is 1.